The van der Waals surface area contributed by atoms with Gasteiger partial charge in [-0.05, 0) is 5.56 Å². The first-order valence-electron chi connectivity index (χ1n) is 4.17. The highest BCUT2D eigenvalue weighted by molar-refractivity contribution is 6.32. The molecule has 1 aromatic heterocycles. The molecule has 0 aliphatic carbocycles. The van der Waals surface area contributed by atoms with Gasteiger partial charge in [-0.2, -0.15) is 0 Å². The number of carboxylic acid groups (broad SMARTS) is 1. The van der Waals surface area contributed by atoms with Gasteiger partial charge in [-0.1, -0.05) is 11.6 Å². The van der Waals surface area contributed by atoms with E-state index < -0.39 is 5.97 Å². The molecular formula is C9H10ClN3O2. The summed E-state index contributed by atoms with van der Waals surface area (Å²) >= 11 is 5.82. The fourth-order valence-electron chi connectivity index (χ4n) is 1.23. The first-order valence-corrected chi connectivity index (χ1v) is 4.55. The van der Waals surface area contributed by atoms with Crippen LogP contribution in [-0.4, -0.2) is 29.3 Å². The van der Waals surface area contributed by atoms with Crippen molar-refractivity contribution in [1.29, 1.82) is 5.41 Å². The van der Waals surface area contributed by atoms with Crippen LogP contribution in [0.3, 0.4) is 0 Å². The summed E-state index contributed by atoms with van der Waals surface area (Å²) in [6.45, 7) is 0. The molecule has 0 amide bonds. The molecule has 0 bridgehead atoms. The van der Waals surface area contributed by atoms with Crippen LogP contribution < -0.4 is 5.32 Å². The minimum absolute atomic E-state index is 0.221. The van der Waals surface area contributed by atoms with E-state index in [1.807, 2.05) is 0 Å². The van der Waals surface area contributed by atoms with E-state index in [1.165, 1.54) is 6.20 Å². The summed E-state index contributed by atoms with van der Waals surface area (Å²) in [5, 5.41) is 18.9. The highest BCUT2D eigenvalue weighted by atomic mass is 35.5. The SMILES string of the molecule is CNc1ncc(Cl)c(CC(=O)O)c1C=N. The smallest absolute Gasteiger partial charge is 0.307 e. The van der Waals surface area contributed by atoms with E-state index >= 15 is 0 Å². The van der Waals surface area contributed by atoms with Gasteiger partial charge in [0.1, 0.15) is 5.82 Å². The Morgan fingerprint density at radius 1 is 1.80 bits per heavy atom. The lowest BCUT2D eigenvalue weighted by Gasteiger charge is -2.09. The zero-order chi connectivity index (χ0) is 11.4. The summed E-state index contributed by atoms with van der Waals surface area (Å²) in [6, 6.07) is 0. The van der Waals surface area contributed by atoms with E-state index in [9.17, 15) is 4.79 Å². The van der Waals surface area contributed by atoms with Gasteiger partial charge in [0.05, 0.1) is 11.4 Å². The largest absolute Gasteiger partial charge is 0.481 e. The second-order valence-electron chi connectivity index (χ2n) is 2.81. The fourth-order valence-corrected chi connectivity index (χ4v) is 1.44. The van der Waals surface area contributed by atoms with Crippen molar-refractivity contribution in [3.63, 3.8) is 0 Å². The molecule has 15 heavy (non-hydrogen) atoms. The first kappa shape index (κ1) is 11.5. The third kappa shape index (κ3) is 2.44. The molecule has 0 unspecified atom stereocenters. The molecule has 0 atom stereocenters. The zero-order valence-electron chi connectivity index (χ0n) is 8.04. The third-order valence-electron chi connectivity index (χ3n) is 1.88. The van der Waals surface area contributed by atoms with Gasteiger partial charge >= 0.3 is 5.97 Å². The average molecular weight is 228 g/mol. The number of hydrogen-bond acceptors (Lipinski definition) is 4. The number of rotatable bonds is 4. The maximum Gasteiger partial charge on any atom is 0.307 e. The molecule has 5 nitrogen and oxygen atoms in total. The lowest BCUT2D eigenvalue weighted by atomic mass is 10.1. The monoisotopic (exact) mass is 227 g/mol. The predicted molar refractivity (Wildman–Crippen MR) is 58.0 cm³/mol. The zero-order valence-corrected chi connectivity index (χ0v) is 8.80. The summed E-state index contributed by atoms with van der Waals surface area (Å²) in [7, 11) is 1.65. The van der Waals surface area contributed by atoms with Gasteiger partial charge in [-0.15, -0.1) is 0 Å². The lowest BCUT2D eigenvalue weighted by molar-refractivity contribution is -0.136. The maximum atomic E-state index is 10.6. The minimum Gasteiger partial charge on any atom is -0.481 e. The van der Waals surface area contributed by atoms with Gasteiger partial charge in [0.15, 0.2) is 0 Å². The molecule has 0 saturated heterocycles. The van der Waals surface area contributed by atoms with Gasteiger partial charge in [-0.3, -0.25) is 4.79 Å². The summed E-state index contributed by atoms with van der Waals surface area (Å²) in [5.74, 6) is -0.543. The molecule has 0 spiro atoms. The Labute approximate surface area is 91.6 Å². The molecule has 1 aromatic rings. The van der Waals surface area contributed by atoms with Crippen LogP contribution in [0.2, 0.25) is 5.02 Å². The van der Waals surface area contributed by atoms with Gasteiger partial charge in [-0.25, -0.2) is 4.98 Å². The number of nitrogens with one attached hydrogen (secondary N) is 2. The van der Waals surface area contributed by atoms with Gasteiger partial charge in [0, 0.05) is 25.0 Å². The minimum atomic E-state index is -0.992. The van der Waals surface area contributed by atoms with Crippen molar-refractivity contribution in [3.05, 3.63) is 22.3 Å². The van der Waals surface area contributed by atoms with E-state index in [0.717, 1.165) is 6.21 Å². The number of nitrogens with zero attached hydrogens (tertiary/aromatic N) is 1. The fraction of sp³-hybridized carbons (Fsp3) is 0.222. The predicted octanol–water partition coefficient (Wildman–Crippen LogP) is 1.40. The number of pyridine rings is 1. The van der Waals surface area contributed by atoms with Crippen LogP contribution in [0.4, 0.5) is 5.82 Å². The number of anilines is 1. The van der Waals surface area contributed by atoms with E-state index in [-0.39, 0.29) is 11.4 Å². The summed E-state index contributed by atoms with van der Waals surface area (Å²) < 4.78 is 0. The second-order valence-corrected chi connectivity index (χ2v) is 3.22. The molecular weight excluding hydrogens is 218 g/mol. The van der Waals surface area contributed by atoms with E-state index in [0.29, 0.717) is 16.9 Å². The van der Waals surface area contributed by atoms with Crippen molar-refractivity contribution in [2.75, 3.05) is 12.4 Å². The van der Waals surface area contributed by atoms with Crippen LogP contribution in [0.25, 0.3) is 0 Å². The van der Waals surface area contributed by atoms with Crippen LogP contribution >= 0.6 is 11.6 Å². The highest BCUT2D eigenvalue weighted by Crippen LogP contribution is 2.23. The van der Waals surface area contributed by atoms with Gasteiger partial charge in [0.2, 0.25) is 0 Å². The lowest BCUT2D eigenvalue weighted by Crippen LogP contribution is -2.08. The summed E-state index contributed by atoms with van der Waals surface area (Å²) in [4.78, 5) is 14.6. The number of carbonyl (C=O) groups is 1. The third-order valence-corrected chi connectivity index (χ3v) is 2.21. The molecule has 0 aliphatic rings. The maximum absolute atomic E-state index is 10.6. The Kier molecular flexibility index (Phi) is 3.62. The van der Waals surface area contributed by atoms with Crippen molar-refractivity contribution in [2.45, 2.75) is 6.42 Å². The van der Waals surface area contributed by atoms with Gasteiger partial charge in [0.25, 0.3) is 0 Å². The van der Waals surface area contributed by atoms with Crippen molar-refractivity contribution < 1.29 is 9.90 Å². The molecule has 1 rings (SSSR count). The van der Waals surface area contributed by atoms with Crippen LogP contribution in [0.1, 0.15) is 11.1 Å². The van der Waals surface area contributed by atoms with Gasteiger partial charge < -0.3 is 15.8 Å². The Morgan fingerprint density at radius 2 is 2.47 bits per heavy atom. The van der Waals surface area contributed by atoms with Crippen molar-refractivity contribution in [3.8, 4) is 0 Å². The normalized spacial score (nSPS) is 9.73. The molecule has 0 saturated carbocycles. The highest BCUT2D eigenvalue weighted by Gasteiger charge is 2.14. The Morgan fingerprint density at radius 3 is 2.93 bits per heavy atom. The van der Waals surface area contributed by atoms with Crippen molar-refractivity contribution in [2.24, 2.45) is 0 Å². The standard InChI is InChI=1S/C9H10ClN3O2/c1-12-9-6(3-11)5(2-8(14)15)7(10)4-13-9/h3-4,11H,2H2,1H3,(H,12,13)(H,14,15). The molecule has 0 aromatic carbocycles. The number of hydrogen-bond donors (Lipinski definition) is 3. The number of aromatic nitrogens is 1. The van der Waals surface area contributed by atoms with E-state index in [4.69, 9.17) is 22.1 Å². The van der Waals surface area contributed by atoms with E-state index in [2.05, 4.69) is 10.3 Å². The Bertz CT molecular complexity index is 407. The van der Waals surface area contributed by atoms with E-state index in [1.54, 1.807) is 7.05 Å². The van der Waals surface area contributed by atoms with Crippen LogP contribution in [0.15, 0.2) is 6.20 Å². The first-order chi connectivity index (χ1) is 7.10. The quantitative estimate of drug-likeness (QED) is 0.679. The van der Waals surface area contributed by atoms with Crippen LogP contribution in [-0.2, 0) is 11.2 Å². The van der Waals surface area contributed by atoms with Crippen molar-refractivity contribution >= 4 is 29.6 Å². The van der Waals surface area contributed by atoms with Crippen molar-refractivity contribution in [1.82, 2.24) is 4.98 Å². The van der Waals surface area contributed by atoms with Crippen LogP contribution in [0.5, 0.6) is 0 Å². The number of carboxylic acids is 1. The molecule has 1 heterocycles. The average Bonchev–Trinajstić information content (AvgIpc) is 2.20. The Hall–Kier alpha value is -1.62. The topological polar surface area (TPSA) is 86.1 Å². The molecule has 0 fully saturated rings. The van der Waals surface area contributed by atoms with Crippen LogP contribution in [0, 0.1) is 5.41 Å². The number of aliphatic carboxylic acids is 1. The molecule has 3 N–H and O–H groups in total. The second kappa shape index (κ2) is 4.75. The molecule has 6 heteroatoms. The number of halogens is 1. The molecule has 0 aliphatic heterocycles. The molecule has 0 radical (unpaired) electrons. The summed E-state index contributed by atoms with van der Waals surface area (Å²) in [5.41, 5.74) is 0.811. The Balaban J connectivity index is 3.31. The summed E-state index contributed by atoms with van der Waals surface area (Å²) in [6.07, 6.45) is 2.20. The molecule has 80 valence electrons.